The Labute approximate surface area is 135 Å². The molecule has 1 aliphatic carbocycles. The number of nitrogens with zero attached hydrogens (tertiary/aromatic N) is 1. The van der Waals surface area contributed by atoms with Crippen molar-refractivity contribution in [3.8, 4) is 11.3 Å². The van der Waals surface area contributed by atoms with Gasteiger partial charge in [0.2, 0.25) is 0 Å². The second kappa shape index (κ2) is 4.67. The lowest BCUT2D eigenvalue weighted by Crippen LogP contribution is -2.17. The first-order valence-corrected chi connectivity index (χ1v) is 8.27. The first-order valence-electron chi connectivity index (χ1n) is 7.48. The molecule has 1 aromatic carbocycles. The third-order valence-electron chi connectivity index (χ3n) is 4.70. The van der Waals surface area contributed by atoms with E-state index in [-0.39, 0.29) is 10.8 Å². The zero-order chi connectivity index (χ0) is 15.4. The largest absolute Gasteiger partial charge is 0.255 e. The minimum atomic E-state index is 0.235. The summed E-state index contributed by atoms with van der Waals surface area (Å²) in [6.07, 6.45) is 3.10. The highest BCUT2D eigenvalue weighted by atomic mass is 79.9. The van der Waals surface area contributed by atoms with Gasteiger partial charge in [0.15, 0.2) is 0 Å². The normalized spacial score (nSPS) is 18.6. The molecule has 0 bridgehead atoms. The standard InChI is InChI=1S/C19H22BrN/c1-12-8-17(21-10-16(12)20)13-6-7-14-15(9-13)19(4,5)11-18(14,2)3/h6-10H,11H2,1-5H3. The minimum Gasteiger partial charge on any atom is -0.255 e. The number of pyridine rings is 1. The highest BCUT2D eigenvalue weighted by Gasteiger charge is 2.41. The molecule has 2 aromatic rings. The van der Waals surface area contributed by atoms with Crippen molar-refractivity contribution >= 4 is 15.9 Å². The topological polar surface area (TPSA) is 12.9 Å². The van der Waals surface area contributed by atoms with Gasteiger partial charge in [-0.3, -0.25) is 4.98 Å². The molecule has 2 heteroatoms. The van der Waals surface area contributed by atoms with E-state index in [0.29, 0.717) is 0 Å². The van der Waals surface area contributed by atoms with E-state index in [0.717, 1.165) is 10.2 Å². The number of hydrogen-bond acceptors (Lipinski definition) is 1. The van der Waals surface area contributed by atoms with Crippen LogP contribution in [0.5, 0.6) is 0 Å². The third kappa shape index (κ3) is 2.44. The van der Waals surface area contributed by atoms with E-state index >= 15 is 0 Å². The Morgan fingerprint density at radius 1 is 1.00 bits per heavy atom. The fraction of sp³-hybridized carbons (Fsp3) is 0.421. The van der Waals surface area contributed by atoms with Crippen LogP contribution in [0.4, 0.5) is 0 Å². The fourth-order valence-corrected chi connectivity index (χ4v) is 4.06. The first-order chi connectivity index (χ1) is 9.71. The summed E-state index contributed by atoms with van der Waals surface area (Å²) in [6, 6.07) is 9.02. The van der Waals surface area contributed by atoms with Crippen molar-refractivity contribution in [2.75, 3.05) is 0 Å². The number of halogens is 1. The quantitative estimate of drug-likeness (QED) is 0.639. The Hall–Kier alpha value is -1.15. The van der Waals surface area contributed by atoms with Crippen molar-refractivity contribution in [3.05, 3.63) is 51.6 Å². The van der Waals surface area contributed by atoms with Gasteiger partial charge in [-0.25, -0.2) is 0 Å². The number of fused-ring (bicyclic) bond motifs is 1. The fourth-order valence-electron chi connectivity index (χ4n) is 3.85. The van der Waals surface area contributed by atoms with Gasteiger partial charge in [0.25, 0.3) is 0 Å². The molecule has 1 nitrogen and oxygen atoms in total. The lowest BCUT2D eigenvalue weighted by atomic mass is 9.82. The van der Waals surface area contributed by atoms with Gasteiger partial charge in [-0.2, -0.15) is 0 Å². The Morgan fingerprint density at radius 3 is 2.33 bits per heavy atom. The predicted molar refractivity (Wildman–Crippen MR) is 92.8 cm³/mol. The van der Waals surface area contributed by atoms with Crippen LogP contribution in [-0.4, -0.2) is 4.98 Å². The Balaban J connectivity index is 2.14. The summed E-state index contributed by atoms with van der Waals surface area (Å²) >= 11 is 3.52. The third-order valence-corrected chi connectivity index (χ3v) is 5.53. The van der Waals surface area contributed by atoms with Crippen LogP contribution in [-0.2, 0) is 10.8 Å². The average Bonchev–Trinajstić information content (AvgIpc) is 2.58. The van der Waals surface area contributed by atoms with Crippen LogP contribution in [0.3, 0.4) is 0 Å². The Morgan fingerprint density at radius 2 is 1.67 bits per heavy atom. The van der Waals surface area contributed by atoms with E-state index in [2.05, 4.69) is 79.8 Å². The molecular weight excluding hydrogens is 322 g/mol. The smallest absolute Gasteiger partial charge is 0.0705 e. The second-order valence-corrected chi connectivity index (χ2v) is 8.38. The summed E-state index contributed by atoms with van der Waals surface area (Å²) in [5, 5.41) is 0. The molecule has 1 heterocycles. The highest BCUT2D eigenvalue weighted by molar-refractivity contribution is 9.10. The number of benzene rings is 1. The summed E-state index contributed by atoms with van der Waals surface area (Å²) in [6.45, 7) is 11.5. The number of aryl methyl sites for hydroxylation is 1. The average molecular weight is 344 g/mol. The van der Waals surface area contributed by atoms with Gasteiger partial charge in [0, 0.05) is 16.2 Å². The SMILES string of the molecule is Cc1cc(-c2ccc3c(c2)C(C)(C)CC3(C)C)ncc1Br. The Bertz CT molecular complexity index is 714. The van der Waals surface area contributed by atoms with Gasteiger partial charge in [-0.1, -0.05) is 39.8 Å². The minimum absolute atomic E-state index is 0.235. The van der Waals surface area contributed by atoms with Crippen molar-refractivity contribution in [2.24, 2.45) is 0 Å². The number of hydrogen-bond donors (Lipinski definition) is 0. The van der Waals surface area contributed by atoms with E-state index in [9.17, 15) is 0 Å². The van der Waals surface area contributed by atoms with Crippen molar-refractivity contribution < 1.29 is 0 Å². The van der Waals surface area contributed by atoms with Crippen LogP contribution in [0.1, 0.15) is 50.8 Å². The van der Waals surface area contributed by atoms with Gasteiger partial charge in [-0.15, -0.1) is 0 Å². The van der Waals surface area contributed by atoms with Crippen LogP contribution in [0, 0.1) is 6.92 Å². The zero-order valence-electron chi connectivity index (χ0n) is 13.4. The predicted octanol–water partition coefficient (Wildman–Crippen LogP) is 5.78. The highest BCUT2D eigenvalue weighted by Crippen LogP contribution is 2.50. The molecule has 0 radical (unpaired) electrons. The molecular formula is C19H22BrN. The summed E-state index contributed by atoms with van der Waals surface area (Å²) in [4.78, 5) is 4.57. The molecule has 0 N–H and O–H groups in total. The van der Waals surface area contributed by atoms with Crippen molar-refractivity contribution in [1.29, 1.82) is 0 Å². The maximum atomic E-state index is 4.57. The lowest BCUT2D eigenvalue weighted by molar-refractivity contribution is 0.403. The molecule has 0 fully saturated rings. The molecule has 0 saturated heterocycles. The van der Waals surface area contributed by atoms with Crippen LogP contribution in [0.25, 0.3) is 11.3 Å². The van der Waals surface area contributed by atoms with E-state index in [1.165, 1.54) is 28.7 Å². The van der Waals surface area contributed by atoms with Gasteiger partial charge >= 0.3 is 0 Å². The molecule has 110 valence electrons. The first kappa shape index (κ1) is 14.8. The van der Waals surface area contributed by atoms with E-state index in [1.54, 1.807) is 0 Å². The van der Waals surface area contributed by atoms with Crippen LogP contribution in [0.15, 0.2) is 34.9 Å². The molecule has 0 amide bonds. The van der Waals surface area contributed by atoms with Gasteiger partial charge in [0.05, 0.1) is 5.69 Å². The maximum Gasteiger partial charge on any atom is 0.0705 e. The Kier molecular flexibility index (Phi) is 3.29. The molecule has 0 unspecified atom stereocenters. The van der Waals surface area contributed by atoms with Crippen molar-refractivity contribution in [1.82, 2.24) is 4.98 Å². The molecule has 21 heavy (non-hydrogen) atoms. The van der Waals surface area contributed by atoms with Gasteiger partial charge in [0.1, 0.15) is 0 Å². The van der Waals surface area contributed by atoms with Crippen LogP contribution in [0.2, 0.25) is 0 Å². The molecule has 0 aliphatic heterocycles. The van der Waals surface area contributed by atoms with Crippen molar-refractivity contribution in [2.45, 2.75) is 51.9 Å². The van der Waals surface area contributed by atoms with Gasteiger partial charge < -0.3 is 0 Å². The molecule has 0 saturated carbocycles. The number of aromatic nitrogens is 1. The zero-order valence-corrected chi connectivity index (χ0v) is 15.0. The van der Waals surface area contributed by atoms with E-state index in [4.69, 9.17) is 0 Å². The molecule has 1 aromatic heterocycles. The maximum absolute atomic E-state index is 4.57. The second-order valence-electron chi connectivity index (χ2n) is 7.52. The van der Waals surface area contributed by atoms with Gasteiger partial charge in [-0.05, 0) is 68.9 Å². The number of rotatable bonds is 1. The summed E-state index contributed by atoms with van der Waals surface area (Å²) < 4.78 is 1.06. The van der Waals surface area contributed by atoms with E-state index in [1.807, 2.05) is 6.20 Å². The molecule has 0 spiro atoms. The summed E-state index contributed by atoms with van der Waals surface area (Å²) in [5.74, 6) is 0. The molecule has 3 rings (SSSR count). The summed E-state index contributed by atoms with van der Waals surface area (Å²) in [7, 11) is 0. The van der Waals surface area contributed by atoms with Crippen molar-refractivity contribution in [3.63, 3.8) is 0 Å². The lowest BCUT2D eigenvalue weighted by Gasteiger charge is -2.22. The molecule has 0 atom stereocenters. The monoisotopic (exact) mass is 343 g/mol. The van der Waals surface area contributed by atoms with Crippen LogP contribution >= 0.6 is 15.9 Å². The summed E-state index contributed by atoms with van der Waals surface area (Å²) in [5.41, 5.74) is 6.96. The molecule has 1 aliphatic rings. The van der Waals surface area contributed by atoms with Crippen LogP contribution < -0.4 is 0 Å². The van der Waals surface area contributed by atoms with E-state index < -0.39 is 0 Å².